The molecule has 20 heavy (non-hydrogen) atoms. The zero-order valence-corrected chi connectivity index (χ0v) is 13.2. The molecule has 0 radical (unpaired) electrons. The summed E-state index contributed by atoms with van der Waals surface area (Å²) in [5.41, 5.74) is 0. The molecule has 4 unspecified atom stereocenters. The van der Waals surface area contributed by atoms with Crippen LogP contribution < -0.4 is 10.6 Å². The van der Waals surface area contributed by atoms with Crippen LogP contribution in [0.25, 0.3) is 0 Å². The SMILES string of the molecule is CC1CCC(C(C)C)C(NC(=O)NCC2CCCO2)C1. The maximum Gasteiger partial charge on any atom is 0.315 e. The molecule has 0 spiro atoms. The van der Waals surface area contributed by atoms with E-state index in [1.807, 2.05) is 0 Å². The van der Waals surface area contributed by atoms with Crippen molar-refractivity contribution in [2.75, 3.05) is 13.2 Å². The Bertz CT molecular complexity index is 314. The molecule has 0 aromatic rings. The number of hydrogen-bond donors (Lipinski definition) is 2. The first-order valence-corrected chi connectivity index (χ1v) is 8.22. The van der Waals surface area contributed by atoms with Crippen molar-refractivity contribution in [3.8, 4) is 0 Å². The van der Waals surface area contributed by atoms with Crippen LogP contribution in [0.3, 0.4) is 0 Å². The first kappa shape index (κ1) is 15.6. The van der Waals surface area contributed by atoms with E-state index in [1.165, 1.54) is 12.8 Å². The van der Waals surface area contributed by atoms with Gasteiger partial charge in [-0.2, -0.15) is 0 Å². The van der Waals surface area contributed by atoms with Crippen molar-refractivity contribution in [2.45, 2.75) is 65.0 Å². The number of carbonyl (C=O) groups is 1. The van der Waals surface area contributed by atoms with Crippen molar-refractivity contribution in [3.63, 3.8) is 0 Å². The average molecular weight is 282 g/mol. The summed E-state index contributed by atoms with van der Waals surface area (Å²) in [5, 5.41) is 6.17. The molecule has 4 heteroatoms. The van der Waals surface area contributed by atoms with Gasteiger partial charge in [-0.15, -0.1) is 0 Å². The molecule has 2 N–H and O–H groups in total. The van der Waals surface area contributed by atoms with Crippen molar-refractivity contribution in [2.24, 2.45) is 17.8 Å². The van der Waals surface area contributed by atoms with E-state index in [1.54, 1.807) is 0 Å². The summed E-state index contributed by atoms with van der Waals surface area (Å²) in [7, 11) is 0. The number of amides is 2. The number of nitrogens with one attached hydrogen (secondary N) is 2. The van der Waals surface area contributed by atoms with Crippen LogP contribution in [-0.2, 0) is 4.74 Å². The van der Waals surface area contributed by atoms with E-state index in [4.69, 9.17) is 4.74 Å². The van der Waals surface area contributed by atoms with E-state index in [0.717, 1.165) is 25.9 Å². The van der Waals surface area contributed by atoms with Crippen LogP contribution in [0.4, 0.5) is 4.79 Å². The van der Waals surface area contributed by atoms with Crippen LogP contribution in [-0.4, -0.2) is 31.3 Å². The fourth-order valence-electron chi connectivity index (χ4n) is 3.60. The van der Waals surface area contributed by atoms with Gasteiger partial charge in [0, 0.05) is 19.2 Å². The number of carbonyl (C=O) groups excluding carboxylic acids is 1. The van der Waals surface area contributed by atoms with E-state index in [-0.39, 0.29) is 12.1 Å². The minimum absolute atomic E-state index is 0.0229. The summed E-state index contributed by atoms with van der Waals surface area (Å²) in [6.45, 7) is 8.29. The summed E-state index contributed by atoms with van der Waals surface area (Å²) < 4.78 is 5.53. The van der Waals surface area contributed by atoms with Gasteiger partial charge in [0.25, 0.3) is 0 Å². The highest BCUT2D eigenvalue weighted by atomic mass is 16.5. The predicted octanol–water partition coefficient (Wildman–Crippen LogP) is 2.93. The standard InChI is InChI=1S/C16H30N2O2/c1-11(2)14-7-6-12(3)9-15(14)18-16(19)17-10-13-5-4-8-20-13/h11-15H,4-10H2,1-3H3,(H2,17,18,19). The lowest BCUT2D eigenvalue weighted by molar-refractivity contribution is 0.110. The zero-order chi connectivity index (χ0) is 14.5. The highest BCUT2D eigenvalue weighted by Crippen LogP contribution is 2.33. The number of ether oxygens (including phenoxy) is 1. The zero-order valence-electron chi connectivity index (χ0n) is 13.2. The maximum atomic E-state index is 12.1. The molecule has 1 saturated heterocycles. The molecule has 116 valence electrons. The number of rotatable bonds is 4. The molecule has 2 fully saturated rings. The summed E-state index contributed by atoms with van der Waals surface area (Å²) >= 11 is 0. The Labute approximate surface area is 123 Å². The topological polar surface area (TPSA) is 50.4 Å². The van der Waals surface area contributed by atoms with Gasteiger partial charge in [0.05, 0.1) is 6.10 Å². The lowest BCUT2D eigenvalue weighted by Gasteiger charge is -2.37. The Hall–Kier alpha value is -0.770. The summed E-state index contributed by atoms with van der Waals surface area (Å²) in [4.78, 5) is 12.1. The van der Waals surface area contributed by atoms with E-state index in [2.05, 4.69) is 31.4 Å². The van der Waals surface area contributed by atoms with Crippen LogP contribution in [0.2, 0.25) is 0 Å². The van der Waals surface area contributed by atoms with Crippen molar-refractivity contribution in [1.29, 1.82) is 0 Å². The van der Waals surface area contributed by atoms with Gasteiger partial charge in [-0.1, -0.05) is 27.2 Å². The van der Waals surface area contributed by atoms with Crippen molar-refractivity contribution in [1.82, 2.24) is 10.6 Å². The molecular weight excluding hydrogens is 252 g/mol. The molecular formula is C16H30N2O2. The van der Waals surface area contributed by atoms with Gasteiger partial charge >= 0.3 is 6.03 Å². The maximum absolute atomic E-state index is 12.1. The van der Waals surface area contributed by atoms with E-state index in [9.17, 15) is 4.79 Å². The van der Waals surface area contributed by atoms with Crippen molar-refractivity contribution >= 4 is 6.03 Å². The van der Waals surface area contributed by atoms with Crippen LogP contribution in [0.15, 0.2) is 0 Å². The van der Waals surface area contributed by atoms with Gasteiger partial charge < -0.3 is 15.4 Å². The second-order valence-electron chi connectivity index (χ2n) is 6.92. The molecule has 2 amide bonds. The Morgan fingerprint density at radius 1 is 1.30 bits per heavy atom. The van der Waals surface area contributed by atoms with Crippen LogP contribution >= 0.6 is 0 Å². The minimum Gasteiger partial charge on any atom is -0.376 e. The second-order valence-corrected chi connectivity index (χ2v) is 6.92. The Balaban J connectivity index is 1.77. The smallest absolute Gasteiger partial charge is 0.315 e. The van der Waals surface area contributed by atoms with Gasteiger partial charge in [0.15, 0.2) is 0 Å². The number of urea groups is 1. The number of hydrogen-bond acceptors (Lipinski definition) is 2. The van der Waals surface area contributed by atoms with Crippen molar-refractivity contribution in [3.05, 3.63) is 0 Å². The van der Waals surface area contributed by atoms with E-state index >= 15 is 0 Å². The minimum atomic E-state index is -0.0229. The van der Waals surface area contributed by atoms with Gasteiger partial charge in [0.2, 0.25) is 0 Å². The second kappa shape index (κ2) is 7.30. The largest absolute Gasteiger partial charge is 0.376 e. The highest BCUT2D eigenvalue weighted by Gasteiger charge is 2.31. The molecule has 1 aliphatic heterocycles. The third-order valence-corrected chi connectivity index (χ3v) is 4.85. The quantitative estimate of drug-likeness (QED) is 0.833. The van der Waals surface area contributed by atoms with Crippen molar-refractivity contribution < 1.29 is 9.53 Å². The Morgan fingerprint density at radius 2 is 2.10 bits per heavy atom. The first-order chi connectivity index (χ1) is 9.56. The molecule has 0 bridgehead atoms. The molecule has 1 saturated carbocycles. The molecule has 1 aliphatic carbocycles. The normalized spacial score (nSPS) is 34.2. The van der Waals surface area contributed by atoms with Crippen LogP contribution in [0, 0.1) is 17.8 Å². The summed E-state index contributed by atoms with van der Waals surface area (Å²) in [6.07, 6.45) is 6.02. The molecule has 2 aliphatic rings. The summed E-state index contributed by atoms with van der Waals surface area (Å²) in [5.74, 6) is 1.96. The first-order valence-electron chi connectivity index (χ1n) is 8.22. The molecule has 4 nitrogen and oxygen atoms in total. The van der Waals surface area contributed by atoms with Crippen LogP contribution in [0.5, 0.6) is 0 Å². The Kier molecular flexibility index (Phi) is 5.70. The molecule has 1 heterocycles. The summed E-state index contributed by atoms with van der Waals surface area (Å²) in [6, 6.07) is 0.300. The fraction of sp³-hybridized carbons (Fsp3) is 0.938. The molecule has 0 aromatic carbocycles. The van der Waals surface area contributed by atoms with Gasteiger partial charge in [-0.05, 0) is 43.4 Å². The van der Waals surface area contributed by atoms with Gasteiger partial charge in [-0.25, -0.2) is 4.79 Å². The van der Waals surface area contributed by atoms with Gasteiger partial charge in [0.1, 0.15) is 0 Å². The molecule has 0 aromatic heterocycles. The van der Waals surface area contributed by atoms with E-state index < -0.39 is 0 Å². The third-order valence-electron chi connectivity index (χ3n) is 4.85. The fourth-order valence-corrected chi connectivity index (χ4v) is 3.60. The van der Waals surface area contributed by atoms with E-state index in [0.29, 0.717) is 30.3 Å². The molecule has 4 atom stereocenters. The monoisotopic (exact) mass is 282 g/mol. The lowest BCUT2D eigenvalue weighted by Crippen LogP contribution is -2.50. The Morgan fingerprint density at radius 3 is 2.75 bits per heavy atom. The molecule has 2 rings (SSSR count). The van der Waals surface area contributed by atoms with Crippen LogP contribution in [0.1, 0.15) is 52.9 Å². The average Bonchev–Trinajstić information content (AvgIpc) is 2.89. The predicted molar refractivity (Wildman–Crippen MR) is 80.6 cm³/mol. The van der Waals surface area contributed by atoms with Gasteiger partial charge in [-0.3, -0.25) is 0 Å². The third kappa shape index (κ3) is 4.37. The highest BCUT2D eigenvalue weighted by molar-refractivity contribution is 5.74. The lowest BCUT2D eigenvalue weighted by atomic mass is 9.74.